The number of pyridine rings is 1. The maximum Gasteiger partial charge on any atom is 0.256 e. The smallest absolute Gasteiger partial charge is 0.256 e. The van der Waals surface area contributed by atoms with E-state index in [-0.39, 0.29) is 11.9 Å². The van der Waals surface area contributed by atoms with E-state index < -0.39 is 0 Å². The van der Waals surface area contributed by atoms with Crippen LogP contribution in [0.25, 0.3) is 27.9 Å². The largest absolute Gasteiger partial charge is 0.379 e. The van der Waals surface area contributed by atoms with E-state index in [1.54, 1.807) is 11.6 Å². The molecule has 1 saturated heterocycles. The first-order chi connectivity index (χ1) is 14.7. The molecule has 0 radical (unpaired) electrons. The number of carbonyl (C=O) groups excluding carboxylic acids is 1. The van der Waals surface area contributed by atoms with E-state index in [0.29, 0.717) is 17.8 Å². The molecule has 0 bridgehead atoms. The number of ether oxygens (including phenoxy) is 1. The van der Waals surface area contributed by atoms with Gasteiger partial charge in [0, 0.05) is 50.1 Å². The normalized spacial score (nSPS) is 16.8. The van der Waals surface area contributed by atoms with Crippen LogP contribution in [0.3, 0.4) is 0 Å². The van der Waals surface area contributed by atoms with Gasteiger partial charge in [-0.25, -0.2) is 9.97 Å². The number of amides is 1. The predicted octanol–water partition coefficient (Wildman–Crippen LogP) is 2.50. The number of rotatable bonds is 4. The number of fused-ring (bicyclic) bond motifs is 2. The summed E-state index contributed by atoms with van der Waals surface area (Å²) >= 11 is 0. The molecule has 0 unspecified atom stereocenters. The van der Waals surface area contributed by atoms with Gasteiger partial charge in [0.2, 0.25) is 0 Å². The predicted molar refractivity (Wildman–Crippen MR) is 114 cm³/mol. The van der Waals surface area contributed by atoms with Crippen LogP contribution >= 0.6 is 0 Å². The zero-order valence-electron chi connectivity index (χ0n) is 16.9. The molecule has 2 N–H and O–H groups in total. The van der Waals surface area contributed by atoms with E-state index in [9.17, 15) is 4.79 Å². The molecule has 5 heterocycles. The summed E-state index contributed by atoms with van der Waals surface area (Å²) in [6.07, 6.45) is 7.53. The summed E-state index contributed by atoms with van der Waals surface area (Å²) < 4.78 is 9.55. The van der Waals surface area contributed by atoms with Crippen molar-refractivity contribution < 1.29 is 9.53 Å². The zero-order valence-corrected chi connectivity index (χ0v) is 16.9. The van der Waals surface area contributed by atoms with E-state index in [1.807, 2.05) is 25.4 Å². The Morgan fingerprint density at radius 1 is 1.30 bits per heavy atom. The van der Waals surface area contributed by atoms with Gasteiger partial charge in [0.25, 0.3) is 5.91 Å². The second kappa shape index (κ2) is 7.42. The minimum absolute atomic E-state index is 0.222. The average molecular weight is 405 g/mol. The minimum atomic E-state index is -0.222. The Kier molecular flexibility index (Phi) is 4.59. The van der Waals surface area contributed by atoms with Crippen molar-refractivity contribution in [3.8, 4) is 11.3 Å². The summed E-state index contributed by atoms with van der Waals surface area (Å²) in [4.78, 5) is 21.8. The highest BCUT2D eigenvalue weighted by Crippen LogP contribution is 2.34. The van der Waals surface area contributed by atoms with E-state index in [0.717, 1.165) is 47.6 Å². The number of carbonyl (C=O) groups is 1. The number of aromatic nitrogens is 5. The molecule has 5 rings (SSSR count). The molecule has 1 fully saturated rings. The Labute approximate surface area is 173 Å². The van der Waals surface area contributed by atoms with Crippen LogP contribution in [0.1, 0.15) is 29.2 Å². The zero-order chi connectivity index (χ0) is 20.7. The van der Waals surface area contributed by atoms with Crippen LogP contribution < -0.4 is 10.6 Å². The molecule has 9 heteroatoms. The first-order valence-corrected chi connectivity index (χ1v) is 10.0. The van der Waals surface area contributed by atoms with Crippen molar-refractivity contribution in [1.29, 1.82) is 0 Å². The lowest BCUT2D eigenvalue weighted by Crippen LogP contribution is -2.20. The molecule has 0 spiro atoms. The fourth-order valence-corrected chi connectivity index (χ4v) is 4.08. The van der Waals surface area contributed by atoms with Crippen molar-refractivity contribution in [3.63, 3.8) is 0 Å². The summed E-state index contributed by atoms with van der Waals surface area (Å²) in [5.41, 5.74) is 3.56. The van der Waals surface area contributed by atoms with E-state index >= 15 is 0 Å². The molecule has 1 atom stereocenters. The Morgan fingerprint density at radius 3 is 2.97 bits per heavy atom. The number of nitrogens with zero attached hydrogens (tertiary/aromatic N) is 5. The molecule has 4 aromatic rings. The first kappa shape index (κ1) is 18.6. The number of hydrogen-bond donors (Lipinski definition) is 2. The summed E-state index contributed by atoms with van der Waals surface area (Å²) in [6.45, 7) is 1.49. The second-order valence-corrected chi connectivity index (χ2v) is 7.34. The van der Waals surface area contributed by atoms with Crippen molar-refractivity contribution in [2.24, 2.45) is 0 Å². The fraction of sp³-hybridized carbons (Fsp3) is 0.333. The Hall–Kier alpha value is -3.46. The molecular formula is C21H23N7O2. The maximum absolute atomic E-state index is 12.3. The molecule has 1 aliphatic heterocycles. The molecule has 1 amide bonds. The average Bonchev–Trinajstić information content (AvgIpc) is 3.40. The van der Waals surface area contributed by atoms with Crippen LogP contribution in [0.2, 0.25) is 0 Å². The van der Waals surface area contributed by atoms with E-state index in [1.165, 1.54) is 6.20 Å². The topological polar surface area (TPSA) is 98.4 Å². The molecule has 154 valence electrons. The molecule has 4 aromatic heterocycles. The molecule has 0 saturated carbocycles. The van der Waals surface area contributed by atoms with Gasteiger partial charge in [-0.2, -0.15) is 9.61 Å². The summed E-state index contributed by atoms with van der Waals surface area (Å²) in [5.74, 6) is 0.524. The Bertz CT molecular complexity index is 1240. The highest BCUT2D eigenvalue weighted by atomic mass is 16.5. The fourth-order valence-electron chi connectivity index (χ4n) is 4.08. The van der Waals surface area contributed by atoms with Crippen molar-refractivity contribution >= 4 is 28.4 Å². The van der Waals surface area contributed by atoms with Crippen LogP contribution in [-0.4, -0.2) is 57.4 Å². The van der Waals surface area contributed by atoms with Crippen LogP contribution in [0, 0.1) is 0 Å². The standard InChI is InChI=1S/C21H23N7O2/c1-22-18-9-17(26-20-15(21(29)23-2)10-25-28(18)20)16-11-27(13-5-4-8-30-12-13)19-14(16)6-3-7-24-19/h3,6-7,9-11,13,22H,4-5,8,12H2,1-2H3,(H,23,29)/t13-/m0/s1. The van der Waals surface area contributed by atoms with Gasteiger partial charge in [-0.05, 0) is 25.0 Å². The lowest BCUT2D eigenvalue weighted by atomic mass is 10.1. The molecule has 30 heavy (non-hydrogen) atoms. The quantitative estimate of drug-likeness (QED) is 0.541. The maximum atomic E-state index is 12.3. The summed E-state index contributed by atoms with van der Waals surface area (Å²) in [6, 6.07) is 6.17. The van der Waals surface area contributed by atoms with Gasteiger partial charge in [-0.15, -0.1) is 0 Å². The third kappa shape index (κ3) is 2.89. The van der Waals surface area contributed by atoms with E-state index in [4.69, 9.17) is 9.72 Å². The monoisotopic (exact) mass is 405 g/mol. The third-order valence-electron chi connectivity index (χ3n) is 5.59. The Balaban J connectivity index is 1.73. The van der Waals surface area contributed by atoms with Crippen molar-refractivity contribution in [2.45, 2.75) is 18.9 Å². The molecule has 0 aromatic carbocycles. The number of nitrogens with one attached hydrogen (secondary N) is 2. The Morgan fingerprint density at radius 2 is 2.20 bits per heavy atom. The van der Waals surface area contributed by atoms with Gasteiger partial charge in [0.05, 0.1) is 24.5 Å². The molecule has 9 nitrogen and oxygen atoms in total. The molecule has 1 aliphatic rings. The number of anilines is 1. The van der Waals surface area contributed by atoms with Crippen LogP contribution in [0.5, 0.6) is 0 Å². The van der Waals surface area contributed by atoms with Gasteiger partial charge in [-0.3, -0.25) is 4.79 Å². The summed E-state index contributed by atoms with van der Waals surface area (Å²) in [5, 5.41) is 11.2. The second-order valence-electron chi connectivity index (χ2n) is 7.34. The number of hydrogen-bond acceptors (Lipinski definition) is 6. The van der Waals surface area contributed by atoms with Crippen LogP contribution in [-0.2, 0) is 4.74 Å². The van der Waals surface area contributed by atoms with Crippen molar-refractivity contribution in [1.82, 2.24) is 29.5 Å². The highest BCUT2D eigenvalue weighted by Gasteiger charge is 2.23. The molecule has 0 aliphatic carbocycles. The van der Waals surface area contributed by atoms with Crippen LogP contribution in [0.15, 0.2) is 36.8 Å². The summed E-state index contributed by atoms with van der Waals surface area (Å²) in [7, 11) is 3.42. The third-order valence-corrected chi connectivity index (χ3v) is 5.59. The van der Waals surface area contributed by atoms with Gasteiger partial charge < -0.3 is 19.9 Å². The van der Waals surface area contributed by atoms with Gasteiger partial charge in [0.15, 0.2) is 5.65 Å². The van der Waals surface area contributed by atoms with Crippen molar-refractivity contribution in [3.05, 3.63) is 42.4 Å². The lowest BCUT2D eigenvalue weighted by Gasteiger charge is -2.24. The SMILES string of the molecule is CNC(=O)c1cnn2c(NC)cc(-c3cn([C@H]4CCCOC4)c4ncccc34)nc12. The van der Waals surface area contributed by atoms with Gasteiger partial charge in [-0.1, -0.05) is 0 Å². The molecular weight excluding hydrogens is 382 g/mol. The highest BCUT2D eigenvalue weighted by molar-refractivity contribution is 6.00. The van der Waals surface area contributed by atoms with Gasteiger partial charge in [0.1, 0.15) is 17.0 Å². The first-order valence-electron chi connectivity index (χ1n) is 10.0. The van der Waals surface area contributed by atoms with Crippen LogP contribution in [0.4, 0.5) is 5.82 Å². The van der Waals surface area contributed by atoms with Crippen molar-refractivity contribution in [2.75, 3.05) is 32.6 Å². The minimum Gasteiger partial charge on any atom is -0.379 e. The van der Waals surface area contributed by atoms with E-state index in [2.05, 4.69) is 37.5 Å². The lowest BCUT2D eigenvalue weighted by molar-refractivity contribution is 0.0605. The van der Waals surface area contributed by atoms with Gasteiger partial charge >= 0.3 is 0 Å².